The molecule has 2 unspecified atom stereocenters. The summed E-state index contributed by atoms with van der Waals surface area (Å²) < 4.78 is 27.8. The molecule has 0 aliphatic carbocycles. The van der Waals surface area contributed by atoms with Crippen LogP contribution in [0.2, 0.25) is 0 Å². The van der Waals surface area contributed by atoms with Crippen LogP contribution in [0.1, 0.15) is 27.2 Å². The second-order valence-corrected chi connectivity index (χ2v) is 7.45. The van der Waals surface area contributed by atoms with Gasteiger partial charge < -0.3 is 23.7 Å². The first kappa shape index (κ1) is 18.9. The van der Waals surface area contributed by atoms with Crippen molar-refractivity contribution in [1.29, 1.82) is 0 Å². The van der Waals surface area contributed by atoms with Crippen LogP contribution >= 0.6 is 0 Å². The number of ether oxygens (including phenoxy) is 5. The number of hydrogen-bond acceptors (Lipinski definition) is 6. The summed E-state index contributed by atoms with van der Waals surface area (Å²) >= 11 is 0. The van der Waals surface area contributed by atoms with Gasteiger partial charge in [0.05, 0.1) is 32.0 Å². The lowest BCUT2D eigenvalue weighted by Crippen LogP contribution is -2.31. The SMILES string of the molecule is COCC1CN(c2ccc(OCCC3(C)OCC(C)(C)O3)cc2)C(=O)O1. The van der Waals surface area contributed by atoms with Crippen molar-refractivity contribution in [3.8, 4) is 5.75 Å². The maximum Gasteiger partial charge on any atom is 0.414 e. The van der Waals surface area contributed by atoms with Crippen LogP contribution in [0.25, 0.3) is 0 Å². The van der Waals surface area contributed by atoms with Crippen molar-refractivity contribution in [1.82, 2.24) is 0 Å². The van der Waals surface area contributed by atoms with Crippen LogP contribution in [0.15, 0.2) is 24.3 Å². The Morgan fingerprint density at radius 1 is 1.23 bits per heavy atom. The number of carbonyl (C=O) groups is 1. The largest absolute Gasteiger partial charge is 0.493 e. The fourth-order valence-electron chi connectivity index (χ4n) is 3.17. The molecule has 1 amide bonds. The van der Waals surface area contributed by atoms with Crippen LogP contribution in [0.3, 0.4) is 0 Å². The second kappa shape index (κ2) is 7.42. The molecule has 2 atom stereocenters. The third-order valence-corrected chi connectivity index (χ3v) is 4.42. The number of anilines is 1. The molecule has 2 aliphatic heterocycles. The van der Waals surface area contributed by atoms with E-state index in [4.69, 9.17) is 23.7 Å². The first-order valence-electron chi connectivity index (χ1n) is 8.84. The van der Waals surface area contributed by atoms with E-state index in [1.54, 1.807) is 12.0 Å². The highest BCUT2D eigenvalue weighted by Gasteiger charge is 2.41. The molecule has 0 radical (unpaired) electrons. The number of hydrogen-bond donors (Lipinski definition) is 0. The summed E-state index contributed by atoms with van der Waals surface area (Å²) in [5.41, 5.74) is 0.513. The maximum atomic E-state index is 11.9. The van der Waals surface area contributed by atoms with Gasteiger partial charge in [0, 0.05) is 19.2 Å². The molecule has 0 saturated carbocycles. The summed E-state index contributed by atoms with van der Waals surface area (Å²) in [7, 11) is 1.59. The number of methoxy groups -OCH3 is 1. The Morgan fingerprint density at radius 2 is 1.96 bits per heavy atom. The first-order chi connectivity index (χ1) is 12.3. The number of rotatable bonds is 7. The fraction of sp³-hybridized carbons (Fsp3) is 0.632. The standard InChI is InChI=1S/C19H27NO6/c1-18(2)13-24-19(3,26-18)9-10-23-15-7-5-14(6-8-15)20-11-16(12-22-4)25-17(20)21/h5-8,16H,9-13H2,1-4H3. The van der Waals surface area contributed by atoms with Crippen LogP contribution in [0.4, 0.5) is 10.5 Å². The lowest BCUT2D eigenvalue weighted by atomic mass is 10.1. The van der Waals surface area contributed by atoms with E-state index >= 15 is 0 Å². The quantitative estimate of drug-likeness (QED) is 0.740. The predicted octanol–water partition coefficient (Wildman–Crippen LogP) is 2.97. The average molecular weight is 365 g/mol. The van der Waals surface area contributed by atoms with Gasteiger partial charge in [0.25, 0.3) is 0 Å². The van der Waals surface area contributed by atoms with Crippen LogP contribution in [-0.4, -0.2) is 57.1 Å². The van der Waals surface area contributed by atoms with Crippen molar-refractivity contribution in [2.24, 2.45) is 0 Å². The van der Waals surface area contributed by atoms with Crippen molar-refractivity contribution in [3.05, 3.63) is 24.3 Å². The molecule has 0 spiro atoms. The molecule has 2 fully saturated rings. The molecule has 0 bridgehead atoms. The zero-order valence-corrected chi connectivity index (χ0v) is 15.8. The van der Waals surface area contributed by atoms with E-state index in [0.29, 0.717) is 32.8 Å². The van der Waals surface area contributed by atoms with Crippen molar-refractivity contribution in [2.75, 3.05) is 38.4 Å². The van der Waals surface area contributed by atoms with Crippen LogP contribution in [0.5, 0.6) is 5.75 Å². The molecule has 2 saturated heterocycles. The summed E-state index contributed by atoms with van der Waals surface area (Å²) in [6.45, 7) is 7.89. The third-order valence-electron chi connectivity index (χ3n) is 4.42. The van der Waals surface area contributed by atoms with E-state index in [9.17, 15) is 4.79 Å². The molecule has 2 heterocycles. The van der Waals surface area contributed by atoms with Crippen LogP contribution in [-0.2, 0) is 18.9 Å². The lowest BCUT2D eigenvalue weighted by molar-refractivity contribution is -0.175. The van der Waals surface area contributed by atoms with E-state index in [0.717, 1.165) is 11.4 Å². The van der Waals surface area contributed by atoms with E-state index in [-0.39, 0.29) is 17.8 Å². The Bertz CT molecular complexity index is 631. The maximum absolute atomic E-state index is 11.9. The summed E-state index contributed by atoms with van der Waals surface area (Å²) in [5, 5.41) is 0. The van der Waals surface area contributed by atoms with Crippen molar-refractivity contribution >= 4 is 11.8 Å². The van der Waals surface area contributed by atoms with Crippen molar-refractivity contribution < 1.29 is 28.5 Å². The summed E-state index contributed by atoms with van der Waals surface area (Å²) in [4.78, 5) is 13.5. The monoisotopic (exact) mass is 365 g/mol. The molecule has 2 aliphatic rings. The smallest absolute Gasteiger partial charge is 0.414 e. The molecule has 144 valence electrons. The fourth-order valence-corrected chi connectivity index (χ4v) is 3.17. The van der Waals surface area contributed by atoms with Gasteiger partial charge in [-0.05, 0) is 45.0 Å². The minimum Gasteiger partial charge on any atom is -0.493 e. The molecule has 0 N–H and O–H groups in total. The second-order valence-electron chi connectivity index (χ2n) is 7.45. The van der Waals surface area contributed by atoms with Gasteiger partial charge in [-0.15, -0.1) is 0 Å². The molecular formula is C19H27NO6. The van der Waals surface area contributed by atoms with E-state index in [2.05, 4.69) is 0 Å². The van der Waals surface area contributed by atoms with Gasteiger partial charge in [-0.1, -0.05) is 0 Å². The molecule has 1 aromatic rings. The number of benzene rings is 1. The third kappa shape index (κ3) is 4.47. The van der Waals surface area contributed by atoms with Gasteiger partial charge in [0.2, 0.25) is 0 Å². The summed E-state index contributed by atoms with van der Waals surface area (Å²) in [6, 6.07) is 7.38. The molecular weight excluding hydrogens is 338 g/mol. The molecule has 0 aromatic heterocycles. The highest BCUT2D eigenvalue weighted by Crippen LogP contribution is 2.33. The van der Waals surface area contributed by atoms with Gasteiger partial charge in [0.1, 0.15) is 11.9 Å². The van der Waals surface area contributed by atoms with E-state index in [1.807, 2.05) is 45.0 Å². The Morgan fingerprint density at radius 3 is 2.58 bits per heavy atom. The van der Waals surface area contributed by atoms with E-state index in [1.165, 1.54) is 0 Å². The predicted molar refractivity (Wildman–Crippen MR) is 95.6 cm³/mol. The van der Waals surface area contributed by atoms with Gasteiger partial charge in [0.15, 0.2) is 5.79 Å². The molecule has 26 heavy (non-hydrogen) atoms. The molecule has 3 rings (SSSR count). The topological polar surface area (TPSA) is 66.5 Å². The summed E-state index contributed by atoms with van der Waals surface area (Å²) in [6.07, 6.45) is 0.0432. The van der Waals surface area contributed by atoms with Gasteiger partial charge in [-0.25, -0.2) is 4.79 Å². The highest BCUT2D eigenvalue weighted by molar-refractivity contribution is 5.89. The highest BCUT2D eigenvalue weighted by atomic mass is 16.8. The Hall–Kier alpha value is -1.83. The van der Waals surface area contributed by atoms with Crippen molar-refractivity contribution in [3.63, 3.8) is 0 Å². The molecule has 7 heteroatoms. The molecule has 7 nitrogen and oxygen atoms in total. The minimum absolute atomic E-state index is 0.236. The average Bonchev–Trinajstić information content (AvgIpc) is 3.08. The number of carbonyl (C=O) groups excluding carboxylic acids is 1. The van der Waals surface area contributed by atoms with Crippen LogP contribution in [0, 0.1) is 0 Å². The minimum atomic E-state index is -0.612. The number of amides is 1. The lowest BCUT2D eigenvalue weighted by Gasteiger charge is -2.25. The zero-order valence-electron chi connectivity index (χ0n) is 15.8. The van der Waals surface area contributed by atoms with Gasteiger partial charge in [-0.3, -0.25) is 4.90 Å². The Kier molecular flexibility index (Phi) is 5.41. The number of nitrogens with zero attached hydrogens (tertiary/aromatic N) is 1. The Labute approximate surface area is 154 Å². The van der Waals surface area contributed by atoms with Gasteiger partial charge >= 0.3 is 6.09 Å². The van der Waals surface area contributed by atoms with Gasteiger partial charge in [-0.2, -0.15) is 0 Å². The van der Waals surface area contributed by atoms with Crippen LogP contribution < -0.4 is 9.64 Å². The normalized spacial score (nSPS) is 27.6. The molecule has 1 aromatic carbocycles. The van der Waals surface area contributed by atoms with Crippen molar-refractivity contribution in [2.45, 2.75) is 44.7 Å². The first-order valence-corrected chi connectivity index (χ1v) is 8.84. The van der Waals surface area contributed by atoms with E-state index < -0.39 is 5.79 Å². The summed E-state index contributed by atoms with van der Waals surface area (Å²) in [5.74, 6) is 0.120. The Balaban J connectivity index is 1.50. The zero-order chi connectivity index (χ0) is 18.8. The number of cyclic esters (lactones) is 1.